The molecule has 2 aromatic heterocycles. The average molecular weight is 280 g/mol. The molecule has 0 unspecified atom stereocenters. The van der Waals surface area contributed by atoms with Crippen molar-refractivity contribution in [2.75, 3.05) is 5.73 Å². The molecule has 2 aromatic carbocycles. The van der Waals surface area contributed by atoms with Crippen LogP contribution >= 0.6 is 11.3 Å². The number of hydrogen-bond donors (Lipinski definition) is 1. The summed E-state index contributed by atoms with van der Waals surface area (Å²) in [7, 11) is 1.96. The summed E-state index contributed by atoms with van der Waals surface area (Å²) in [5.74, 6) is 0. The fourth-order valence-corrected chi connectivity index (χ4v) is 3.43. The van der Waals surface area contributed by atoms with Gasteiger partial charge in [-0.3, -0.25) is 4.68 Å². The molecule has 2 heterocycles. The van der Waals surface area contributed by atoms with Crippen LogP contribution in [0.5, 0.6) is 0 Å². The van der Waals surface area contributed by atoms with Crippen LogP contribution in [0.4, 0.5) is 5.69 Å². The molecule has 2 N–H and O–H groups in total. The summed E-state index contributed by atoms with van der Waals surface area (Å²) in [6.07, 6.45) is 0. The lowest BCUT2D eigenvalue weighted by atomic mass is 10.2. The minimum atomic E-state index is 0.763. The minimum absolute atomic E-state index is 0.763. The lowest BCUT2D eigenvalue weighted by molar-refractivity contribution is 0.800. The SMILES string of the molecule is Cn1nc(-c2nc3ccc(N)cc3s2)c2ccccc21. The van der Waals surface area contributed by atoms with Crippen LogP contribution in [-0.4, -0.2) is 14.8 Å². The summed E-state index contributed by atoms with van der Waals surface area (Å²) in [5, 5.41) is 6.67. The molecule has 0 saturated carbocycles. The molecule has 0 aliphatic carbocycles. The van der Waals surface area contributed by atoms with Crippen LogP contribution in [0.1, 0.15) is 0 Å². The third kappa shape index (κ3) is 1.60. The van der Waals surface area contributed by atoms with Gasteiger partial charge in [0.05, 0.1) is 15.7 Å². The highest BCUT2D eigenvalue weighted by Crippen LogP contribution is 2.34. The van der Waals surface area contributed by atoms with Crippen LogP contribution in [0, 0.1) is 0 Å². The second kappa shape index (κ2) is 4.05. The zero-order valence-corrected chi connectivity index (χ0v) is 11.7. The van der Waals surface area contributed by atoms with Gasteiger partial charge in [-0.2, -0.15) is 5.10 Å². The summed E-state index contributed by atoms with van der Waals surface area (Å²) in [6.45, 7) is 0. The fourth-order valence-electron chi connectivity index (χ4n) is 2.41. The van der Waals surface area contributed by atoms with Crippen molar-refractivity contribution in [1.82, 2.24) is 14.8 Å². The Bertz CT molecular complexity index is 936. The standard InChI is InChI=1S/C15H12N4S/c1-19-12-5-3-2-4-10(12)14(18-19)15-17-11-7-6-9(16)8-13(11)20-15/h2-8H,16H2,1H3. The molecule has 0 spiro atoms. The second-order valence-electron chi connectivity index (χ2n) is 4.74. The van der Waals surface area contributed by atoms with Gasteiger partial charge in [0.2, 0.25) is 0 Å². The van der Waals surface area contributed by atoms with Crippen molar-refractivity contribution >= 4 is 38.1 Å². The second-order valence-corrected chi connectivity index (χ2v) is 5.77. The quantitative estimate of drug-likeness (QED) is 0.543. The molecule has 0 amide bonds. The molecule has 0 saturated heterocycles. The number of anilines is 1. The lowest BCUT2D eigenvalue weighted by Gasteiger charge is -1.90. The number of rotatable bonds is 1. The van der Waals surface area contributed by atoms with E-state index in [-0.39, 0.29) is 0 Å². The maximum absolute atomic E-state index is 5.83. The highest BCUT2D eigenvalue weighted by molar-refractivity contribution is 7.21. The Morgan fingerprint density at radius 1 is 1.15 bits per heavy atom. The summed E-state index contributed by atoms with van der Waals surface area (Å²) in [5.41, 5.74) is 9.60. The van der Waals surface area contributed by atoms with E-state index >= 15 is 0 Å². The number of hydrogen-bond acceptors (Lipinski definition) is 4. The first kappa shape index (κ1) is 11.4. The number of fused-ring (bicyclic) bond motifs is 2. The number of aryl methyl sites for hydroxylation is 1. The summed E-state index contributed by atoms with van der Waals surface area (Å²) >= 11 is 1.63. The molecule has 0 atom stereocenters. The molecular formula is C15H12N4S. The molecule has 0 aliphatic heterocycles. The summed E-state index contributed by atoms with van der Waals surface area (Å²) < 4.78 is 2.99. The molecule has 0 fully saturated rings. The molecule has 98 valence electrons. The highest BCUT2D eigenvalue weighted by atomic mass is 32.1. The average Bonchev–Trinajstić information content (AvgIpc) is 3.00. The first-order valence-electron chi connectivity index (χ1n) is 6.30. The predicted molar refractivity (Wildman–Crippen MR) is 83.7 cm³/mol. The Hall–Kier alpha value is -2.40. The first-order chi connectivity index (χ1) is 9.72. The molecule has 5 heteroatoms. The number of nitrogens with zero attached hydrogens (tertiary/aromatic N) is 3. The van der Waals surface area contributed by atoms with Gasteiger partial charge in [0, 0.05) is 18.1 Å². The van der Waals surface area contributed by atoms with Crippen molar-refractivity contribution in [3.05, 3.63) is 42.5 Å². The zero-order valence-electron chi connectivity index (χ0n) is 10.9. The van der Waals surface area contributed by atoms with E-state index in [1.165, 1.54) is 0 Å². The van der Waals surface area contributed by atoms with Crippen LogP contribution in [-0.2, 0) is 7.05 Å². The maximum atomic E-state index is 5.83. The van der Waals surface area contributed by atoms with Crippen molar-refractivity contribution in [3.8, 4) is 10.7 Å². The van der Waals surface area contributed by atoms with Crippen molar-refractivity contribution in [2.24, 2.45) is 7.05 Å². The van der Waals surface area contributed by atoms with E-state index in [0.29, 0.717) is 0 Å². The van der Waals surface area contributed by atoms with Crippen molar-refractivity contribution in [3.63, 3.8) is 0 Å². The third-order valence-electron chi connectivity index (χ3n) is 3.37. The number of para-hydroxylation sites is 1. The van der Waals surface area contributed by atoms with Crippen LogP contribution < -0.4 is 5.73 Å². The van der Waals surface area contributed by atoms with Crippen LogP contribution in [0.15, 0.2) is 42.5 Å². The largest absolute Gasteiger partial charge is 0.399 e. The highest BCUT2D eigenvalue weighted by Gasteiger charge is 2.14. The number of benzene rings is 2. The Kier molecular flexibility index (Phi) is 2.31. The van der Waals surface area contributed by atoms with Gasteiger partial charge in [0.15, 0.2) is 0 Å². The first-order valence-corrected chi connectivity index (χ1v) is 7.12. The van der Waals surface area contributed by atoms with Gasteiger partial charge in [0.1, 0.15) is 10.7 Å². The Morgan fingerprint density at radius 2 is 2.00 bits per heavy atom. The molecule has 0 bridgehead atoms. The molecule has 4 rings (SSSR count). The van der Waals surface area contributed by atoms with E-state index in [1.807, 2.05) is 42.1 Å². The van der Waals surface area contributed by atoms with Crippen LogP contribution in [0.25, 0.3) is 31.8 Å². The summed E-state index contributed by atoms with van der Waals surface area (Å²) in [6, 6.07) is 14.0. The van der Waals surface area contributed by atoms with E-state index in [2.05, 4.69) is 22.2 Å². The zero-order chi connectivity index (χ0) is 13.7. The van der Waals surface area contributed by atoms with E-state index in [4.69, 9.17) is 5.73 Å². The number of nitrogen functional groups attached to an aromatic ring is 1. The predicted octanol–water partition coefficient (Wildman–Crippen LogP) is 3.43. The van der Waals surface area contributed by atoms with Gasteiger partial charge in [-0.1, -0.05) is 18.2 Å². The lowest BCUT2D eigenvalue weighted by Crippen LogP contribution is -1.89. The van der Waals surface area contributed by atoms with Crippen molar-refractivity contribution in [2.45, 2.75) is 0 Å². The molecule has 0 aliphatic rings. The molecular weight excluding hydrogens is 268 g/mol. The Labute approximate surface area is 119 Å². The topological polar surface area (TPSA) is 56.7 Å². The van der Waals surface area contributed by atoms with E-state index in [1.54, 1.807) is 11.3 Å². The minimum Gasteiger partial charge on any atom is -0.399 e. The van der Waals surface area contributed by atoms with Crippen molar-refractivity contribution < 1.29 is 0 Å². The molecule has 4 nitrogen and oxygen atoms in total. The van der Waals surface area contributed by atoms with Gasteiger partial charge < -0.3 is 5.73 Å². The van der Waals surface area contributed by atoms with Gasteiger partial charge in [-0.15, -0.1) is 11.3 Å². The molecule has 0 radical (unpaired) electrons. The summed E-state index contributed by atoms with van der Waals surface area (Å²) in [4.78, 5) is 4.67. The smallest absolute Gasteiger partial charge is 0.145 e. The van der Waals surface area contributed by atoms with Gasteiger partial charge in [-0.05, 0) is 24.3 Å². The fraction of sp³-hybridized carbons (Fsp3) is 0.0667. The monoisotopic (exact) mass is 280 g/mol. The molecule has 20 heavy (non-hydrogen) atoms. The normalized spacial score (nSPS) is 11.4. The third-order valence-corrected chi connectivity index (χ3v) is 4.40. The van der Waals surface area contributed by atoms with Crippen LogP contribution in [0.2, 0.25) is 0 Å². The van der Waals surface area contributed by atoms with Crippen LogP contribution in [0.3, 0.4) is 0 Å². The molecule has 4 aromatic rings. The Balaban J connectivity index is 2.01. The van der Waals surface area contributed by atoms with Gasteiger partial charge in [0.25, 0.3) is 0 Å². The number of aromatic nitrogens is 3. The Morgan fingerprint density at radius 3 is 2.90 bits per heavy atom. The number of nitrogens with two attached hydrogens (primary N) is 1. The number of thiazole rings is 1. The maximum Gasteiger partial charge on any atom is 0.145 e. The van der Waals surface area contributed by atoms with E-state index in [9.17, 15) is 0 Å². The van der Waals surface area contributed by atoms with E-state index in [0.717, 1.165) is 37.5 Å². The van der Waals surface area contributed by atoms with E-state index < -0.39 is 0 Å². The van der Waals surface area contributed by atoms with Gasteiger partial charge >= 0.3 is 0 Å². The van der Waals surface area contributed by atoms with Crippen molar-refractivity contribution in [1.29, 1.82) is 0 Å². The van der Waals surface area contributed by atoms with Gasteiger partial charge in [-0.25, -0.2) is 4.98 Å².